The first-order valence-electron chi connectivity index (χ1n) is 7.08. The number of halogens is 2. The van der Waals surface area contributed by atoms with Gasteiger partial charge in [0.2, 0.25) is 0 Å². The Hall–Kier alpha value is -1.98. The minimum absolute atomic E-state index is 0.156. The largest absolute Gasteiger partial charge is 0.324 e. The fraction of sp³-hybridized carbons (Fsp3) is 0.467. The highest BCUT2D eigenvalue weighted by atomic mass is 19.1. The maximum absolute atomic E-state index is 13.8. The van der Waals surface area contributed by atoms with Crippen molar-refractivity contribution in [1.29, 1.82) is 0 Å². The molecule has 0 amide bonds. The Kier molecular flexibility index (Phi) is 3.61. The van der Waals surface area contributed by atoms with Crippen molar-refractivity contribution >= 4 is 6.01 Å². The van der Waals surface area contributed by atoms with Gasteiger partial charge in [-0.3, -0.25) is 0 Å². The van der Waals surface area contributed by atoms with E-state index in [4.69, 9.17) is 4.52 Å². The lowest BCUT2D eigenvalue weighted by Gasteiger charge is -2.14. The zero-order valence-corrected chi connectivity index (χ0v) is 12.0. The highest BCUT2D eigenvalue weighted by Crippen LogP contribution is 2.33. The van der Waals surface area contributed by atoms with Crippen LogP contribution in [-0.2, 0) is 0 Å². The van der Waals surface area contributed by atoms with Crippen molar-refractivity contribution in [3.63, 3.8) is 0 Å². The smallest absolute Gasteiger partial charge is 0.324 e. The first-order chi connectivity index (χ1) is 10.1. The lowest BCUT2D eigenvalue weighted by molar-refractivity contribution is 0.407. The molecule has 112 valence electrons. The Morgan fingerprint density at radius 2 is 2.00 bits per heavy atom. The second-order valence-corrected chi connectivity index (χ2v) is 5.66. The summed E-state index contributed by atoms with van der Waals surface area (Å²) >= 11 is 0. The SMILES string of the molecule is CC(C)c1noc(N2CCC(c3c(F)cccc3F)C2)n1. The first kappa shape index (κ1) is 14.0. The summed E-state index contributed by atoms with van der Waals surface area (Å²) in [4.78, 5) is 6.21. The Labute approximate surface area is 121 Å². The average Bonchev–Trinajstić information content (AvgIpc) is 3.07. The Morgan fingerprint density at radius 1 is 1.29 bits per heavy atom. The van der Waals surface area contributed by atoms with Gasteiger partial charge in [0.15, 0.2) is 5.82 Å². The van der Waals surface area contributed by atoms with E-state index < -0.39 is 11.6 Å². The van der Waals surface area contributed by atoms with Crippen LogP contribution in [0.3, 0.4) is 0 Å². The molecule has 0 N–H and O–H groups in total. The van der Waals surface area contributed by atoms with Crippen molar-refractivity contribution < 1.29 is 13.3 Å². The number of anilines is 1. The van der Waals surface area contributed by atoms with E-state index in [0.29, 0.717) is 31.3 Å². The van der Waals surface area contributed by atoms with E-state index in [1.165, 1.54) is 18.2 Å². The maximum atomic E-state index is 13.8. The highest BCUT2D eigenvalue weighted by Gasteiger charge is 2.31. The molecule has 1 fully saturated rings. The molecule has 1 aromatic carbocycles. The molecule has 1 unspecified atom stereocenters. The molecule has 2 heterocycles. The monoisotopic (exact) mass is 293 g/mol. The van der Waals surface area contributed by atoms with Crippen LogP contribution in [0.1, 0.15) is 43.5 Å². The van der Waals surface area contributed by atoms with Gasteiger partial charge in [-0.05, 0) is 18.6 Å². The third-order valence-corrected chi connectivity index (χ3v) is 3.81. The van der Waals surface area contributed by atoms with Crippen molar-refractivity contribution in [3.8, 4) is 0 Å². The van der Waals surface area contributed by atoms with Crippen LogP contribution in [0.15, 0.2) is 22.7 Å². The Bertz CT molecular complexity index is 621. The van der Waals surface area contributed by atoms with E-state index in [1.54, 1.807) is 0 Å². The minimum atomic E-state index is -0.491. The van der Waals surface area contributed by atoms with Crippen LogP contribution in [0, 0.1) is 11.6 Å². The summed E-state index contributed by atoms with van der Waals surface area (Å²) in [5.74, 6) is -0.346. The van der Waals surface area contributed by atoms with Gasteiger partial charge in [0.25, 0.3) is 0 Å². The summed E-state index contributed by atoms with van der Waals surface area (Å²) in [5.41, 5.74) is 0.156. The van der Waals surface area contributed by atoms with Crippen LogP contribution in [0.5, 0.6) is 0 Å². The predicted octanol–water partition coefficient (Wildman–Crippen LogP) is 3.47. The summed E-state index contributed by atoms with van der Waals surface area (Å²) in [7, 11) is 0. The van der Waals surface area contributed by atoms with Gasteiger partial charge in [0, 0.05) is 30.5 Å². The minimum Gasteiger partial charge on any atom is -0.324 e. The van der Waals surface area contributed by atoms with Gasteiger partial charge in [0.1, 0.15) is 11.6 Å². The molecule has 1 aliphatic heterocycles. The number of benzene rings is 1. The van der Waals surface area contributed by atoms with Gasteiger partial charge in [0.05, 0.1) is 0 Å². The van der Waals surface area contributed by atoms with Crippen molar-refractivity contribution in [1.82, 2.24) is 10.1 Å². The van der Waals surface area contributed by atoms with Gasteiger partial charge in [-0.15, -0.1) is 0 Å². The van der Waals surface area contributed by atoms with Gasteiger partial charge in [-0.25, -0.2) is 8.78 Å². The second kappa shape index (κ2) is 5.42. The van der Waals surface area contributed by atoms with E-state index in [9.17, 15) is 8.78 Å². The quantitative estimate of drug-likeness (QED) is 0.869. The normalized spacial score (nSPS) is 18.7. The zero-order valence-electron chi connectivity index (χ0n) is 12.0. The van der Waals surface area contributed by atoms with Crippen molar-refractivity contribution in [2.75, 3.05) is 18.0 Å². The number of hydrogen-bond acceptors (Lipinski definition) is 4. The van der Waals surface area contributed by atoms with Crippen LogP contribution in [-0.4, -0.2) is 23.2 Å². The lowest BCUT2D eigenvalue weighted by Crippen LogP contribution is -2.20. The van der Waals surface area contributed by atoms with Crippen LogP contribution >= 0.6 is 0 Å². The molecule has 0 aliphatic carbocycles. The van der Waals surface area contributed by atoms with Gasteiger partial charge in [-0.1, -0.05) is 25.1 Å². The highest BCUT2D eigenvalue weighted by molar-refractivity contribution is 5.34. The molecule has 0 radical (unpaired) electrons. The molecule has 0 bridgehead atoms. The number of aromatic nitrogens is 2. The van der Waals surface area contributed by atoms with Crippen LogP contribution in [0.4, 0.5) is 14.8 Å². The Morgan fingerprint density at radius 3 is 2.62 bits per heavy atom. The molecule has 6 heteroatoms. The van der Waals surface area contributed by atoms with Crippen molar-refractivity contribution in [3.05, 3.63) is 41.2 Å². The molecule has 3 rings (SSSR count). The summed E-state index contributed by atoms with van der Waals surface area (Å²) in [6, 6.07) is 4.40. The molecule has 2 aromatic rings. The first-order valence-corrected chi connectivity index (χ1v) is 7.08. The van der Waals surface area contributed by atoms with E-state index in [2.05, 4.69) is 10.1 Å². The number of rotatable bonds is 3. The van der Waals surface area contributed by atoms with Crippen LogP contribution in [0.2, 0.25) is 0 Å². The number of nitrogens with zero attached hydrogens (tertiary/aromatic N) is 3. The molecule has 0 saturated carbocycles. The summed E-state index contributed by atoms with van der Waals surface area (Å²) in [6.07, 6.45) is 0.664. The third-order valence-electron chi connectivity index (χ3n) is 3.81. The van der Waals surface area contributed by atoms with Gasteiger partial charge < -0.3 is 9.42 Å². The van der Waals surface area contributed by atoms with E-state index in [-0.39, 0.29) is 17.4 Å². The van der Waals surface area contributed by atoms with E-state index in [1.807, 2.05) is 18.7 Å². The average molecular weight is 293 g/mol. The predicted molar refractivity (Wildman–Crippen MR) is 74.3 cm³/mol. The summed E-state index contributed by atoms with van der Waals surface area (Å²) < 4.78 is 32.9. The van der Waals surface area contributed by atoms with Crippen LogP contribution in [0.25, 0.3) is 0 Å². The molecule has 1 aliphatic rings. The summed E-state index contributed by atoms with van der Waals surface area (Å²) in [6.45, 7) is 5.10. The van der Waals surface area contributed by atoms with E-state index >= 15 is 0 Å². The zero-order chi connectivity index (χ0) is 15.0. The standard InChI is InChI=1S/C15H17F2N3O/c1-9(2)14-18-15(21-19-14)20-7-6-10(8-20)13-11(16)4-3-5-12(13)17/h3-5,9-10H,6-8H2,1-2H3. The molecule has 1 atom stereocenters. The molecule has 1 saturated heterocycles. The third kappa shape index (κ3) is 2.62. The lowest BCUT2D eigenvalue weighted by atomic mass is 9.97. The fourth-order valence-electron chi connectivity index (χ4n) is 2.66. The van der Waals surface area contributed by atoms with Gasteiger partial charge >= 0.3 is 6.01 Å². The maximum Gasteiger partial charge on any atom is 0.324 e. The topological polar surface area (TPSA) is 42.2 Å². The van der Waals surface area contributed by atoms with E-state index in [0.717, 1.165) is 0 Å². The van der Waals surface area contributed by atoms with Gasteiger partial charge in [-0.2, -0.15) is 4.98 Å². The second-order valence-electron chi connectivity index (χ2n) is 5.66. The van der Waals surface area contributed by atoms with Crippen molar-refractivity contribution in [2.45, 2.75) is 32.1 Å². The molecular formula is C15H17F2N3O. The molecule has 21 heavy (non-hydrogen) atoms. The Balaban J connectivity index is 1.79. The fourth-order valence-corrected chi connectivity index (χ4v) is 2.66. The number of hydrogen-bond donors (Lipinski definition) is 0. The molecule has 1 aromatic heterocycles. The van der Waals surface area contributed by atoms with Crippen LogP contribution < -0.4 is 4.90 Å². The summed E-state index contributed by atoms with van der Waals surface area (Å²) in [5, 5.41) is 3.92. The van der Waals surface area contributed by atoms with Crippen molar-refractivity contribution in [2.24, 2.45) is 0 Å². The molecule has 4 nitrogen and oxygen atoms in total. The molecule has 0 spiro atoms. The molecular weight excluding hydrogens is 276 g/mol.